The average Bonchev–Trinajstić information content (AvgIpc) is 2.70. The lowest BCUT2D eigenvalue weighted by atomic mass is 10.1. The van der Waals surface area contributed by atoms with Gasteiger partial charge in [-0.2, -0.15) is 5.10 Å². The second kappa shape index (κ2) is 5.24. The fourth-order valence-corrected chi connectivity index (χ4v) is 1.89. The zero-order chi connectivity index (χ0) is 14.9. The van der Waals surface area contributed by atoms with Crippen LogP contribution >= 0.6 is 0 Å². The number of anilines is 3. The smallest absolute Gasteiger partial charge is 0.256 e. The van der Waals surface area contributed by atoms with Gasteiger partial charge in [0.15, 0.2) is 5.82 Å². The van der Waals surface area contributed by atoms with E-state index in [0.29, 0.717) is 17.1 Å². The normalized spacial score (nSPS) is 10.4. The molecule has 1 aromatic carbocycles. The summed E-state index contributed by atoms with van der Waals surface area (Å²) in [6, 6.07) is 5.24. The molecule has 6 heteroatoms. The molecule has 1 heterocycles. The van der Waals surface area contributed by atoms with E-state index in [2.05, 4.69) is 15.5 Å². The van der Waals surface area contributed by atoms with E-state index in [1.807, 2.05) is 38.9 Å². The number of nitrogen functional groups attached to an aromatic ring is 1. The van der Waals surface area contributed by atoms with E-state index < -0.39 is 0 Å². The number of hydrogen-bond acceptors (Lipinski definition) is 4. The van der Waals surface area contributed by atoms with Gasteiger partial charge in [-0.1, -0.05) is 0 Å². The molecule has 0 saturated heterocycles. The minimum absolute atomic E-state index is 0.225. The quantitative estimate of drug-likeness (QED) is 0.746. The number of rotatable bonds is 3. The number of H-pyrrole nitrogens is 1. The van der Waals surface area contributed by atoms with E-state index in [1.165, 1.54) is 0 Å². The monoisotopic (exact) mass is 273 g/mol. The molecule has 0 aliphatic rings. The van der Waals surface area contributed by atoms with Crippen molar-refractivity contribution in [3.63, 3.8) is 0 Å². The number of nitrogens with zero attached hydrogens (tertiary/aromatic N) is 2. The molecule has 1 aromatic heterocycles. The standard InChI is InChI=1S/C14H19N5O/c1-8-9(2)17-18-13(8)16-14(20)10-5-6-12(19(3)4)11(15)7-10/h5-7H,15H2,1-4H3,(H2,16,17,18,20). The second-order valence-electron chi connectivity index (χ2n) is 4.94. The molecular formula is C14H19N5O. The van der Waals surface area contributed by atoms with Crippen LogP contribution in [0.4, 0.5) is 17.2 Å². The van der Waals surface area contributed by atoms with Crippen LogP contribution in [0.15, 0.2) is 18.2 Å². The Morgan fingerprint density at radius 1 is 1.35 bits per heavy atom. The van der Waals surface area contributed by atoms with Crippen molar-refractivity contribution < 1.29 is 4.79 Å². The number of aromatic nitrogens is 2. The van der Waals surface area contributed by atoms with Crippen LogP contribution in [-0.4, -0.2) is 30.2 Å². The molecule has 0 aliphatic heterocycles. The summed E-state index contributed by atoms with van der Waals surface area (Å²) in [6.45, 7) is 3.81. The zero-order valence-corrected chi connectivity index (χ0v) is 12.1. The lowest BCUT2D eigenvalue weighted by molar-refractivity contribution is 0.102. The molecule has 0 atom stereocenters. The van der Waals surface area contributed by atoms with Gasteiger partial charge in [0.25, 0.3) is 5.91 Å². The Bertz CT molecular complexity index is 645. The fourth-order valence-electron chi connectivity index (χ4n) is 1.89. The minimum Gasteiger partial charge on any atom is -0.397 e. The first-order chi connectivity index (χ1) is 9.40. The number of amides is 1. The first kappa shape index (κ1) is 13.9. The maximum absolute atomic E-state index is 12.2. The highest BCUT2D eigenvalue weighted by Crippen LogP contribution is 2.23. The van der Waals surface area contributed by atoms with Crippen LogP contribution in [0.25, 0.3) is 0 Å². The van der Waals surface area contributed by atoms with Crippen LogP contribution in [0, 0.1) is 13.8 Å². The molecule has 4 N–H and O–H groups in total. The summed E-state index contributed by atoms with van der Waals surface area (Å²) in [4.78, 5) is 14.1. The van der Waals surface area contributed by atoms with Crippen molar-refractivity contribution in [2.75, 3.05) is 30.0 Å². The van der Waals surface area contributed by atoms with E-state index in [-0.39, 0.29) is 5.91 Å². The van der Waals surface area contributed by atoms with Crippen LogP contribution in [0.1, 0.15) is 21.6 Å². The zero-order valence-electron chi connectivity index (χ0n) is 12.1. The highest BCUT2D eigenvalue weighted by molar-refractivity contribution is 6.05. The molecule has 0 saturated carbocycles. The topological polar surface area (TPSA) is 87.0 Å². The molecule has 2 aromatic rings. The fraction of sp³-hybridized carbons (Fsp3) is 0.286. The number of carbonyl (C=O) groups excluding carboxylic acids is 1. The van der Waals surface area contributed by atoms with Crippen molar-refractivity contribution in [2.45, 2.75) is 13.8 Å². The van der Waals surface area contributed by atoms with Crippen LogP contribution < -0.4 is 16.0 Å². The average molecular weight is 273 g/mol. The van der Waals surface area contributed by atoms with Crippen molar-refractivity contribution >= 4 is 23.1 Å². The summed E-state index contributed by atoms with van der Waals surface area (Å²) >= 11 is 0. The molecule has 0 unspecified atom stereocenters. The number of carbonyl (C=O) groups is 1. The summed E-state index contributed by atoms with van der Waals surface area (Å²) in [5, 5.41) is 9.66. The maximum atomic E-state index is 12.2. The second-order valence-corrected chi connectivity index (χ2v) is 4.94. The van der Waals surface area contributed by atoms with Gasteiger partial charge in [-0.3, -0.25) is 9.89 Å². The van der Waals surface area contributed by atoms with E-state index >= 15 is 0 Å². The van der Waals surface area contributed by atoms with Gasteiger partial charge in [-0.05, 0) is 32.0 Å². The SMILES string of the molecule is Cc1[nH]nc(NC(=O)c2ccc(N(C)C)c(N)c2)c1C. The maximum Gasteiger partial charge on any atom is 0.256 e. The van der Waals surface area contributed by atoms with Gasteiger partial charge in [0.05, 0.1) is 11.4 Å². The van der Waals surface area contributed by atoms with Crippen molar-refractivity contribution in [3.05, 3.63) is 35.0 Å². The Hall–Kier alpha value is -2.50. The third-order valence-corrected chi connectivity index (χ3v) is 3.26. The van der Waals surface area contributed by atoms with Gasteiger partial charge < -0.3 is 16.0 Å². The Morgan fingerprint density at radius 2 is 2.05 bits per heavy atom. The number of nitrogens with two attached hydrogens (primary N) is 1. The number of aromatic amines is 1. The first-order valence-electron chi connectivity index (χ1n) is 6.30. The van der Waals surface area contributed by atoms with Crippen LogP contribution in [0.5, 0.6) is 0 Å². The number of nitrogens with one attached hydrogen (secondary N) is 2. The van der Waals surface area contributed by atoms with Gasteiger partial charge >= 0.3 is 0 Å². The van der Waals surface area contributed by atoms with E-state index in [1.54, 1.807) is 12.1 Å². The number of hydrogen-bond donors (Lipinski definition) is 3. The summed E-state index contributed by atoms with van der Waals surface area (Å²) < 4.78 is 0. The molecule has 2 rings (SSSR count). The molecule has 106 valence electrons. The summed E-state index contributed by atoms with van der Waals surface area (Å²) in [5.41, 5.74) is 9.76. The molecule has 0 aliphatic carbocycles. The first-order valence-corrected chi connectivity index (χ1v) is 6.30. The predicted octanol–water partition coefficient (Wildman–Crippen LogP) is 1.93. The molecule has 0 radical (unpaired) electrons. The van der Waals surface area contributed by atoms with Crippen LogP contribution in [0.2, 0.25) is 0 Å². The molecule has 6 nitrogen and oxygen atoms in total. The molecule has 0 bridgehead atoms. The van der Waals surface area contributed by atoms with Gasteiger partial charge in [-0.15, -0.1) is 0 Å². The van der Waals surface area contributed by atoms with Gasteiger partial charge in [0.2, 0.25) is 0 Å². The Balaban J connectivity index is 2.22. The lowest BCUT2D eigenvalue weighted by Gasteiger charge is -2.15. The van der Waals surface area contributed by atoms with Crippen molar-refractivity contribution in [2.24, 2.45) is 0 Å². The van der Waals surface area contributed by atoms with Crippen LogP contribution in [-0.2, 0) is 0 Å². The summed E-state index contributed by atoms with van der Waals surface area (Å²) in [7, 11) is 3.81. The van der Waals surface area contributed by atoms with Crippen molar-refractivity contribution in [1.29, 1.82) is 0 Å². The number of benzene rings is 1. The highest BCUT2D eigenvalue weighted by Gasteiger charge is 2.13. The van der Waals surface area contributed by atoms with E-state index in [9.17, 15) is 4.79 Å². The summed E-state index contributed by atoms with van der Waals surface area (Å²) in [6.07, 6.45) is 0. The molecule has 0 fully saturated rings. The molecule has 0 spiro atoms. The largest absolute Gasteiger partial charge is 0.397 e. The van der Waals surface area contributed by atoms with Gasteiger partial charge in [-0.25, -0.2) is 0 Å². The van der Waals surface area contributed by atoms with Crippen molar-refractivity contribution in [1.82, 2.24) is 10.2 Å². The minimum atomic E-state index is -0.225. The third kappa shape index (κ3) is 2.59. The van der Waals surface area contributed by atoms with E-state index in [4.69, 9.17) is 5.73 Å². The molecular weight excluding hydrogens is 254 g/mol. The van der Waals surface area contributed by atoms with Gasteiger partial charge in [0.1, 0.15) is 0 Å². The predicted molar refractivity (Wildman–Crippen MR) is 81.2 cm³/mol. The van der Waals surface area contributed by atoms with Crippen LogP contribution in [0.3, 0.4) is 0 Å². The van der Waals surface area contributed by atoms with Crippen molar-refractivity contribution in [3.8, 4) is 0 Å². The summed E-state index contributed by atoms with van der Waals surface area (Å²) in [5.74, 6) is 0.319. The molecule has 20 heavy (non-hydrogen) atoms. The lowest BCUT2D eigenvalue weighted by Crippen LogP contribution is -2.15. The highest BCUT2D eigenvalue weighted by atomic mass is 16.1. The Morgan fingerprint density at radius 3 is 2.55 bits per heavy atom. The molecule has 1 amide bonds. The third-order valence-electron chi connectivity index (χ3n) is 3.26. The van der Waals surface area contributed by atoms with Gasteiger partial charge in [0, 0.05) is 30.9 Å². The van der Waals surface area contributed by atoms with E-state index in [0.717, 1.165) is 16.9 Å². The Labute approximate surface area is 118 Å². The Kier molecular flexibility index (Phi) is 3.65. The number of aryl methyl sites for hydroxylation is 1.